The fraction of sp³-hybridized carbons (Fsp3) is 0.286. The lowest BCUT2D eigenvalue weighted by molar-refractivity contribution is 0.0763. The highest BCUT2D eigenvalue weighted by molar-refractivity contribution is 7.94. The molecule has 0 unspecified atom stereocenters. The summed E-state index contributed by atoms with van der Waals surface area (Å²) in [5, 5.41) is 3.52. The monoisotopic (exact) mass is 414 g/mol. The molecule has 0 radical (unpaired) electrons. The number of rotatable bonds is 4. The standard InChI is InChI=1S/C21H22N2O3S2/c24-21(23-11-5-1-2-6-12-23)18-14-16-8-3-4-9-17(16)15-19(18)22-28(25,26)20-10-7-13-27-20/h3-4,7-10,13-15,22H,1-2,5-6,11-12H2. The van der Waals surface area contributed by atoms with E-state index >= 15 is 0 Å². The summed E-state index contributed by atoms with van der Waals surface area (Å²) < 4.78 is 28.4. The van der Waals surface area contributed by atoms with Gasteiger partial charge in [0.05, 0.1) is 11.3 Å². The molecule has 1 aromatic heterocycles. The lowest BCUT2D eigenvalue weighted by Gasteiger charge is -2.22. The number of carbonyl (C=O) groups excluding carboxylic acids is 1. The van der Waals surface area contributed by atoms with Gasteiger partial charge in [0.25, 0.3) is 15.9 Å². The van der Waals surface area contributed by atoms with Gasteiger partial charge in [0.1, 0.15) is 4.21 Å². The molecular weight excluding hydrogens is 392 g/mol. The van der Waals surface area contributed by atoms with Gasteiger partial charge >= 0.3 is 0 Å². The van der Waals surface area contributed by atoms with Gasteiger partial charge in [-0.15, -0.1) is 11.3 Å². The fourth-order valence-corrected chi connectivity index (χ4v) is 5.62. The fourth-order valence-electron chi connectivity index (χ4n) is 3.56. The van der Waals surface area contributed by atoms with E-state index in [4.69, 9.17) is 0 Å². The van der Waals surface area contributed by atoms with Crippen molar-refractivity contribution in [2.75, 3.05) is 17.8 Å². The molecule has 1 aliphatic rings. The van der Waals surface area contributed by atoms with Crippen molar-refractivity contribution in [3.8, 4) is 0 Å². The first kappa shape index (κ1) is 19.0. The zero-order valence-electron chi connectivity index (χ0n) is 15.4. The smallest absolute Gasteiger partial charge is 0.271 e. The minimum absolute atomic E-state index is 0.114. The van der Waals surface area contributed by atoms with E-state index in [-0.39, 0.29) is 10.1 Å². The van der Waals surface area contributed by atoms with E-state index in [0.717, 1.165) is 47.8 Å². The highest BCUT2D eigenvalue weighted by atomic mass is 32.2. The second kappa shape index (κ2) is 7.93. The van der Waals surface area contributed by atoms with Crippen LogP contribution >= 0.6 is 11.3 Å². The van der Waals surface area contributed by atoms with Crippen molar-refractivity contribution in [3.05, 3.63) is 59.5 Å². The Morgan fingerprint density at radius 1 is 0.929 bits per heavy atom. The number of likely N-dealkylation sites (tertiary alicyclic amines) is 1. The molecule has 1 fully saturated rings. The third-order valence-corrected chi connectivity index (χ3v) is 7.78. The van der Waals surface area contributed by atoms with Gasteiger partial charge in [0.15, 0.2) is 0 Å². The first-order chi connectivity index (χ1) is 13.5. The molecule has 2 aromatic carbocycles. The molecule has 2 heterocycles. The number of hydrogen-bond acceptors (Lipinski definition) is 4. The Kier molecular flexibility index (Phi) is 5.37. The Morgan fingerprint density at radius 2 is 1.61 bits per heavy atom. The number of thiophene rings is 1. The summed E-state index contributed by atoms with van der Waals surface area (Å²) in [5.74, 6) is -0.114. The van der Waals surface area contributed by atoms with Crippen LogP contribution in [0.4, 0.5) is 5.69 Å². The molecule has 1 saturated heterocycles. The Hall–Kier alpha value is -2.38. The van der Waals surface area contributed by atoms with Gasteiger partial charge in [-0.1, -0.05) is 43.2 Å². The van der Waals surface area contributed by atoms with Gasteiger partial charge < -0.3 is 4.90 Å². The van der Waals surface area contributed by atoms with Crippen LogP contribution in [0.5, 0.6) is 0 Å². The maximum absolute atomic E-state index is 13.3. The Bertz CT molecular complexity index is 1080. The maximum atomic E-state index is 13.3. The number of sulfonamides is 1. The van der Waals surface area contributed by atoms with Crippen molar-refractivity contribution in [1.29, 1.82) is 0 Å². The average molecular weight is 415 g/mol. The predicted octanol–water partition coefficient (Wildman–Crippen LogP) is 4.72. The van der Waals surface area contributed by atoms with E-state index in [0.29, 0.717) is 24.3 Å². The molecule has 5 nitrogen and oxygen atoms in total. The number of anilines is 1. The molecule has 0 aliphatic carbocycles. The summed E-state index contributed by atoms with van der Waals surface area (Å²) in [7, 11) is -3.73. The normalized spacial score (nSPS) is 15.4. The number of nitrogens with one attached hydrogen (secondary N) is 1. The van der Waals surface area contributed by atoms with Gasteiger partial charge in [0, 0.05) is 13.1 Å². The summed E-state index contributed by atoms with van der Waals surface area (Å²) >= 11 is 1.15. The molecule has 4 rings (SSSR count). The molecule has 28 heavy (non-hydrogen) atoms. The molecule has 1 amide bonds. The van der Waals surface area contributed by atoms with Gasteiger partial charge in [-0.2, -0.15) is 0 Å². The predicted molar refractivity (Wildman–Crippen MR) is 113 cm³/mol. The van der Waals surface area contributed by atoms with Gasteiger partial charge in [0.2, 0.25) is 0 Å². The summed E-state index contributed by atoms with van der Waals surface area (Å²) in [6.45, 7) is 1.42. The quantitative estimate of drug-likeness (QED) is 0.672. The van der Waals surface area contributed by atoms with Gasteiger partial charge in [-0.05, 0) is 47.2 Å². The minimum atomic E-state index is -3.73. The Morgan fingerprint density at radius 3 is 2.25 bits per heavy atom. The van der Waals surface area contributed by atoms with Crippen LogP contribution in [0.15, 0.2) is 58.1 Å². The van der Waals surface area contributed by atoms with Crippen LogP contribution in [-0.4, -0.2) is 32.3 Å². The molecule has 0 saturated carbocycles. The van der Waals surface area contributed by atoms with Crippen LogP contribution in [0.3, 0.4) is 0 Å². The van der Waals surface area contributed by atoms with E-state index in [1.165, 1.54) is 0 Å². The zero-order valence-corrected chi connectivity index (χ0v) is 17.1. The van der Waals surface area contributed by atoms with Gasteiger partial charge in [-0.3, -0.25) is 9.52 Å². The molecule has 0 atom stereocenters. The van der Waals surface area contributed by atoms with E-state index in [9.17, 15) is 13.2 Å². The summed E-state index contributed by atoms with van der Waals surface area (Å²) in [5.41, 5.74) is 0.738. The molecular formula is C21H22N2O3S2. The number of nitrogens with zero attached hydrogens (tertiary/aromatic N) is 1. The second-order valence-electron chi connectivity index (χ2n) is 6.99. The van der Waals surface area contributed by atoms with Crippen molar-refractivity contribution >= 4 is 43.7 Å². The van der Waals surface area contributed by atoms with E-state index in [2.05, 4.69) is 4.72 Å². The van der Waals surface area contributed by atoms with Crippen molar-refractivity contribution in [3.63, 3.8) is 0 Å². The molecule has 0 spiro atoms. The van der Waals surface area contributed by atoms with E-state index in [1.807, 2.05) is 29.2 Å². The summed E-state index contributed by atoms with van der Waals surface area (Å²) in [6.07, 6.45) is 4.21. The zero-order chi connectivity index (χ0) is 19.6. The van der Waals surface area contributed by atoms with Crippen LogP contribution < -0.4 is 4.72 Å². The van der Waals surface area contributed by atoms with Crippen molar-refractivity contribution in [1.82, 2.24) is 4.90 Å². The lowest BCUT2D eigenvalue weighted by atomic mass is 10.0. The van der Waals surface area contributed by atoms with Crippen molar-refractivity contribution < 1.29 is 13.2 Å². The van der Waals surface area contributed by atoms with Gasteiger partial charge in [-0.25, -0.2) is 8.42 Å². The molecule has 0 bridgehead atoms. The first-order valence-electron chi connectivity index (χ1n) is 9.43. The third-order valence-electron chi connectivity index (χ3n) is 5.01. The molecule has 1 aliphatic heterocycles. The van der Waals surface area contributed by atoms with E-state index in [1.54, 1.807) is 29.6 Å². The lowest BCUT2D eigenvalue weighted by Crippen LogP contribution is -2.32. The minimum Gasteiger partial charge on any atom is -0.339 e. The van der Waals surface area contributed by atoms with Crippen LogP contribution in [0.1, 0.15) is 36.0 Å². The number of amides is 1. The topological polar surface area (TPSA) is 66.5 Å². The Labute approximate surface area is 169 Å². The highest BCUT2D eigenvalue weighted by Gasteiger charge is 2.24. The summed E-state index contributed by atoms with van der Waals surface area (Å²) in [4.78, 5) is 15.1. The van der Waals surface area contributed by atoms with Crippen LogP contribution in [0.2, 0.25) is 0 Å². The number of benzene rings is 2. The average Bonchev–Trinajstić information content (AvgIpc) is 3.11. The molecule has 146 valence electrons. The molecule has 3 aromatic rings. The first-order valence-corrected chi connectivity index (χ1v) is 11.8. The van der Waals surface area contributed by atoms with Crippen LogP contribution in [0, 0.1) is 0 Å². The molecule has 7 heteroatoms. The highest BCUT2D eigenvalue weighted by Crippen LogP contribution is 2.29. The second-order valence-corrected chi connectivity index (χ2v) is 9.85. The number of hydrogen-bond donors (Lipinski definition) is 1. The Balaban J connectivity index is 1.77. The SMILES string of the molecule is O=C(c1cc2ccccc2cc1NS(=O)(=O)c1cccs1)N1CCCCCC1. The van der Waals surface area contributed by atoms with Crippen molar-refractivity contribution in [2.24, 2.45) is 0 Å². The van der Waals surface area contributed by atoms with Crippen LogP contribution in [-0.2, 0) is 10.0 Å². The largest absolute Gasteiger partial charge is 0.339 e. The van der Waals surface area contributed by atoms with E-state index < -0.39 is 10.0 Å². The molecule has 1 N–H and O–H groups in total. The maximum Gasteiger partial charge on any atom is 0.271 e. The van der Waals surface area contributed by atoms with Crippen LogP contribution in [0.25, 0.3) is 10.8 Å². The summed E-state index contributed by atoms with van der Waals surface area (Å²) in [6, 6.07) is 14.5. The third kappa shape index (κ3) is 3.91. The van der Waals surface area contributed by atoms with Crippen molar-refractivity contribution in [2.45, 2.75) is 29.9 Å². The number of fused-ring (bicyclic) bond motifs is 1. The number of carbonyl (C=O) groups is 1.